The maximum absolute atomic E-state index is 11.4. The van der Waals surface area contributed by atoms with Crippen molar-refractivity contribution in [3.63, 3.8) is 0 Å². The summed E-state index contributed by atoms with van der Waals surface area (Å²) in [5, 5.41) is 6.18. The van der Waals surface area contributed by atoms with Gasteiger partial charge in [-0.05, 0) is 43.1 Å². The molecule has 2 rings (SSSR count). The van der Waals surface area contributed by atoms with E-state index in [9.17, 15) is 4.79 Å². The molecule has 5 heteroatoms. The maximum Gasteiger partial charge on any atom is 0.225 e. The average molecular weight is 305 g/mol. The van der Waals surface area contributed by atoms with Crippen molar-refractivity contribution < 1.29 is 4.79 Å². The van der Waals surface area contributed by atoms with Crippen LogP contribution in [-0.2, 0) is 4.79 Å². The van der Waals surface area contributed by atoms with Crippen LogP contribution in [0.3, 0.4) is 0 Å². The minimum Gasteiger partial charge on any atom is -0.370 e. The summed E-state index contributed by atoms with van der Waals surface area (Å²) >= 11 is 5.20. The van der Waals surface area contributed by atoms with Crippen molar-refractivity contribution >= 4 is 34.6 Å². The highest BCUT2D eigenvalue weighted by atomic mass is 32.1. The monoisotopic (exact) mass is 305 g/mol. The number of benzene rings is 1. The molecule has 0 atom stereocenters. The molecule has 1 saturated heterocycles. The van der Waals surface area contributed by atoms with E-state index in [1.54, 1.807) is 6.92 Å². The molecule has 0 aromatic heterocycles. The summed E-state index contributed by atoms with van der Waals surface area (Å²) in [5.74, 6) is 0.725. The predicted molar refractivity (Wildman–Crippen MR) is 91.7 cm³/mol. The van der Waals surface area contributed by atoms with E-state index in [1.807, 2.05) is 18.2 Å². The molecule has 0 bridgehead atoms. The highest BCUT2D eigenvalue weighted by molar-refractivity contribution is 7.80. The summed E-state index contributed by atoms with van der Waals surface area (Å²) in [6, 6.07) is 8.11. The van der Waals surface area contributed by atoms with E-state index >= 15 is 0 Å². The molecule has 1 heterocycles. The number of amides is 1. The fraction of sp³-hybridized carbons (Fsp3) is 0.500. The van der Waals surface area contributed by atoms with E-state index in [1.165, 1.54) is 12.8 Å². The van der Waals surface area contributed by atoms with Crippen molar-refractivity contribution in [2.75, 3.05) is 23.3 Å². The Morgan fingerprint density at radius 1 is 1.33 bits per heavy atom. The molecule has 2 N–H and O–H groups in total. The number of hydrogen-bond donors (Lipinski definition) is 2. The van der Waals surface area contributed by atoms with Gasteiger partial charge in [0.2, 0.25) is 5.91 Å². The number of piperidine rings is 1. The van der Waals surface area contributed by atoms with Crippen LogP contribution in [0.2, 0.25) is 0 Å². The highest BCUT2D eigenvalue weighted by Crippen LogP contribution is 2.29. The van der Waals surface area contributed by atoms with Gasteiger partial charge in [-0.15, -0.1) is 0 Å². The molecule has 1 fully saturated rings. The van der Waals surface area contributed by atoms with E-state index in [4.69, 9.17) is 12.2 Å². The number of thiocarbonyl (C=S) groups is 1. The molecule has 1 aromatic carbocycles. The zero-order valence-corrected chi connectivity index (χ0v) is 13.5. The fourth-order valence-corrected chi connectivity index (χ4v) is 2.70. The van der Waals surface area contributed by atoms with Crippen LogP contribution in [0.25, 0.3) is 0 Å². The van der Waals surface area contributed by atoms with Gasteiger partial charge in [-0.1, -0.05) is 26.0 Å². The van der Waals surface area contributed by atoms with Gasteiger partial charge in [-0.2, -0.15) is 0 Å². The zero-order chi connectivity index (χ0) is 15.2. The van der Waals surface area contributed by atoms with Gasteiger partial charge >= 0.3 is 0 Å². The molecule has 0 saturated carbocycles. The number of carbonyl (C=O) groups excluding carboxylic acids is 1. The molecule has 0 unspecified atom stereocenters. The molecule has 1 aliphatic heterocycles. The number of rotatable bonds is 3. The number of nitrogens with zero attached hydrogens (tertiary/aromatic N) is 1. The molecule has 1 aliphatic rings. The predicted octanol–water partition coefficient (Wildman–Crippen LogP) is 3.15. The molecular weight excluding hydrogens is 282 g/mol. The minimum atomic E-state index is -0.0724. The lowest BCUT2D eigenvalue weighted by molar-refractivity contribution is -0.119. The van der Waals surface area contributed by atoms with Crippen LogP contribution in [-0.4, -0.2) is 24.1 Å². The second-order valence-corrected chi connectivity index (χ2v) is 5.95. The molecule has 114 valence electrons. The molecular formula is C16H23N3OS. The summed E-state index contributed by atoms with van der Waals surface area (Å²) in [4.78, 5) is 13.8. The van der Waals surface area contributed by atoms with E-state index in [-0.39, 0.29) is 5.91 Å². The first-order chi connectivity index (χ1) is 10.1. The second-order valence-electron chi connectivity index (χ2n) is 5.54. The van der Waals surface area contributed by atoms with Crippen molar-refractivity contribution in [3.05, 3.63) is 24.3 Å². The van der Waals surface area contributed by atoms with E-state index in [0.717, 1.165) is 30.4 Å². The Balaban J connectivity index is 2.06. The first kappa shape index (κ1) is 15.8. The van der Waals surface area contributed by atoms with Gasteiger partial charge in [-0.25, -0.2) is 0 Å². The largest absolute Gasteiger partial charge is 0.370 e. The summed E-state index contributed by atoms with van der Waals surface area (Å²) in [7, 11) is 0. The first-order valence-electron chi connectivity index (χ1n) is 7.55. The Labute approximate surface area is 131 Å². The van der Waals surface area contributed by atoms with E-state index < -0.39 is 0 Å². The topological polar surface area (TPSA) is 44.4 Å². The van der Waals surface area contributed by atoms with Crippen molar-refractivity contribution in [1.29, 1.82) is 0 Å². The smallest absolute Gasteiger partial charge is 0.225 e. The van der Waals surface area contributed by atoms with Crippen LogP contribution in [0, 0.1) is 5.92 Å². The van der Waals surface area contributed by atoms with Gasteiger partial charge in [-0.3, -0.25) is 4.79 Å². The number of hydrogen-bond acceptors (Lipinski definition) is 3. The lowest BCUT2D eigenvalue weighted by Crippen LogP contribution is -2.36. The standard InChI is InChI=1S/C16H23N3OS/c1-3-15(20)18-16(21)17-13-6-4-5-7-14(13)19-10-8-12(2)9-11-19/h4-7,12H,3,8-11H2,1-2H3,(H2,17,18,20,21). The summed E-state index contributed by atoms with van der Waals surface area (Å²) in [6.45, 7) is 6.24. The van der Waals surface area contributed by atoms with E-state index in [2.05, 4.69) is 28.5 Å². The van der Waals surface area contributed by atoms with Gasteiger partial charge in [0.1, 0.15) is 0 Å². The highest BCUT2D eigenvalue weighted by Gasteiger charge is 2.18. The summed E-state index contributed by atoms with van der Waals surface area (Å²) in [6.07, 6.45) is 2.85. The zero-order valence-electron chi connectivity index (χ0n) is 12.7. The van der Waals surface area contributed by atoms with Crippen LogP contribution in [0.1, 0.15) is 33.1 Å². The van der Waals surface area contributed by atoms with Crippen molar-refractivity contribution in [2.45, 2.75) is 33.1 Å². The van der Waals surface area contributed by atoms with E-state index in [0.29, 0.717) is 11.5 Å². The Hall–Kier alpha value is -1.62. The fourth-order valence-electron chi connectivity index (χ4n) is 2.47. The van der Waals surface area contributed by atoms with Crippen LogP contribution in [0.4, 0.5) is 11.4 Å². The van der Waals surface area contributed by atoms with Crippen molar-refractivity contribution in [1.82, 2.24) is 5.32 Å². The lowest BCUT2D eigenvalue weighted by Gasteiger charge is -2.33. The maximum atomic E-state index is 11.4. The Bertz CT molecular complexity index is 510. The number of para-hydroxylation sites is 2. The molecule has 0 radical (unpaired) electrons. The Kier molecular flexibility index (Phi) is 5.56. The molecule has 1 aromatic rings. The Morgan fingerprint density at radius 3 is 2.67 bits per heavy atom. The Morgan fingerprint density at radius 2 is 2.00 bits per heavy atom. The van der Waals surface area contributed by atoms with Crippen LogP contribution in [0.15, 0.2) is 24.3 Å². The minimum absolute atomic E-state index is 0.0724. The molecule has 0 spiro atoms. The summed E-state index contributed by atoms with van der Waals surface area (Å²) < 4.78 is 0. The normalized spacial score (nSPS) is 15.6. The molecule has 21 heavy (non-hydrogen) atoms. The van der Waals surface area contributed by atoms with Gasteiger partial charge < -0.3 is 15.5 Å². The van der Waals surface area contributed by atoms with Gasteiger partial charge in [0, 0.05) is 19.5 Å². The number of nitrogens with one attached hydrogen (secondary N) is 2. The van der Waals surface area contributed by atoms with Crippen molar-refractivity contribution in [3.8, 4) is 0 Å². The van der Waals surface area contributed by atoms with Crippen LogP contribution >= 0.6 is 12.2 Å². The third-order valence-electron chi connectivity index (χ3n) is 3.85. The van der Waals surface area contributed by atoms with Gasteiger partial charge in [0.05, 0.1) is 11.4 Å². The summed E-state index contributed by atoms with van der Waals surface area (Å²) in [5.41, 5.74) is 2.10. The molecule has 1 amide bonds. The average Bonchev–Trinajstić information content (AvgIpc) is 2.48. The van der Waals surface area contributed by atoms with Crippen molar-refractivity contribution in [2.24, 2.45) is 5.92 Å². The van der Waals surface area contributed by atoms with Crippen LogP contribution in [0.5, 0.6) is 0 Å². The van der Waals surface area contributed by atoms with Crippen LogP contribution < -0.4 is 15.5 Å². The first-order valence-corrected chi connectivity index (χ1v) is 7.95. The van der Waals surface area contributed by atoms with Gasteiger partial charge in [0.15, 0.2) is 5.11 Å². The number of anilines is 2. The third-order valence-corrected chi connectivity index (χ3v) is 4.05. The molecule has 4 nitrogen and oxygen atoms in total. The second kappa shape index (κ2) is 7.41. The number of carbonyl (C=O) groups is 1. The SMILES string of the molecule is CCC(=O)NC(=S)Nc1ccccc1N1CCC(C)CC1. The molecule has 0 aliphatic carbocycles. The van der Waals surface area contributed by atoms with Gasteiger partial charge in [0.25, 0.3) is 0 Å². The lowest BCUT2D eigenvalue weighted by atomic mass is 9.98. The quantitative estimate of drug-likeness (QED) is 0.842. The third kappa shape index (κ3) is 4.43.